The standard InChI is InChI=1S/C15H14FN5/c16-13-3-1-2-12(10-17)15(13)21-8-6-20(7-9-21)14-4-5-18-11-19-14/h1-5,11H,6-9H2. The van der Waals surface area contributed by atoms with Crippen LogP contribution in [-0.2, 0) is 0 Å². The van der Waals surface area contributed by atoms with E-state index in [2.05, 4.69) is 20.9 Å². The number of nitrogens with zero attached hydrogens (tertiary/aromatic N) is 5. The van der Waals surface area contributed by atoms with Crippen molar-refractivity contribution in [2.45, 2.75) is 0 Å². The van der Waals surface area contributed by atoms with Gasteiger partial charge >= 0.3 is 0 Å². The van der Waals surface area contributed by atoms with Crippen LogP contribution in [0.25, 0.3) is 0 Å². The predicted octanol–water partition coefficient (Wildman–Crippen LogP) is 1.81. The van der Waals surface area contributed by atoms with Gasteiger partial charge in [-0.25, -0.2) is 14.4 Å². The number of hydrogen-bond donors (Lipinski definition) is 0. The minimum atomic E-state index is -0.343. The first kappa shape index (κ1) is 13.3. The molecule has 1 aromatic heterocycles. The molecule has 6 heteroatoms. The number of anilines is 2. The Balaban J connectivity index is 1.77. The summed E-state index contributed by atoms with van der Waals surface area (Å²) in [6.45, 7) is 2.77. The van der Waals surface area contributed by atoms with Gasteiger partial charge in [0.2, 0.25) is 0 Å². The Morgan fingerprint density at radius 3 is 2.52 bits per heavy atom. The molecule has 0 saturated carbocycles. The molecular weight excluding hydrogens is 269 g/mol. The zero-order valence-electron chi connectivity index (χ0n) is 11.4. The Labute approximate surface area is 122 Å². The van der Waals surface area contributed by atoms with Crippen LogP contribution in [0.2, 0.25) is 0 Å². The van der Waals surface area contributed by atoms with Gasteiger partial charge in [-0.1, -0.05) is 6.07 Å². The van der Waals surface area contributed by atoms with Gasteiger partial charge in [0.15, 0.2) is 0 Å². The van der Waals surface area contributed by atoms with E-state index in [1.807, 2.05) is 11.0 Å². The van der Waals surface area contributed by atoms with Crippen molar-refractivity contribution in [2.75, 3.05) is 36.0 Å². The fourth-order valence-electron chi connectivity index (χ4n) is 2.56. The van der Waals surface area contributed by atoms with E-state index in [1.165, 1.54) is 12.4 Å². The van der Waals surface area contributed by atoms with Crippen molar-refractivity contribution in [2.24, 2.45) is 0 Å². The Hall–Kier alpha value is -2.68. The summed E-state index contributed by atoms with van der Waals surface area (Å²) >= 11 is 0. The highest BCUT2D eigenvalue weighted by atomic mass is 19.1. The summed E-state index contributed by atoms with van der Waals surface area (Å²) in [5.41, 5.74) is 0.785. The van der Waals surface area contributed by atoms with E-state index in [1.54, 1.807) is 18.3 Å². The van der Waals surface area contributed by atoms with Crippen LogP contribution in [0.15, 0.2) is 36.8 Å². The largest absolute Gasteiger partial charge is 0.365 e. The average molecular weight is 283 g/mol. The van der Waals surface area contributed by atoms with Crippen molar-refractivity contribution < 1.29 is 4.39 Å². The Kier molecular flexibility index (Phi) is 3.65. The van der Waals surface area contributed by atoms with Crippen LogP contribution in [0.1, 0.15) is 5.56 Å². The van der Waals surface area contributed by atoms with Gasteiger partial charge in [-0.05, 0) is 18.2 Å². The summed E-state index contributed by atoms with van der Waals surface area (Å²) in [6, 6.07) is 8.53. The number of halogens is 1. The maximum atomic E-state index is 14.0. The van der Waals surface area contributed by atoms with Crippen molar-refractivity contribution in [3.8, 4) is 6.07 Å². The highest BCUT2D eigenvalue weighted by Gasteiger charge is 2.22. The van der Waals surface area contributed by atoms with E-state index in [9.17, 15) is 4.39 Å². The molecule has 1 aliphatic heterocycles. The van der Waals surface area contributed by atoms with E-state index < -0.39 is 0 Å². The Bertz CT molecular complexity index is 660. The number of aromatic nitrogens is 2. The molecule has 5 nitrogen and oxygen atoms in total. The number of nitriles is 1. The zero-order valence-corrected chi connectivity index (χ0v) is 11.4. The number of hydrogen-bond acceptors (Lipinski definition) is 5. The van der Waals surface area contributed by atoms with Crippen LogP contribution >= 0.6 is 0 Å². The molecule has 106 valence electrons. The third-order valence-corrected chi connectivity index (χ3v) is 3.59. The molecule has 0 aliphatic carbocycles. The summed E-state index contributed by atoms with van der Waals surface area (Å²) in [7, 11) is 0. The van der Waals surface area contributed by atoms with E-state index in [4.69, 9.17) is 5.26 Å². The molecule has 0 spiro atoms. The molecule has 0 N–H and O–H groups in total. The van der Waals surface area contributed by atoms with Gasteiger partial charge in [-0.3, -0.25) is 0 Å². The summed E-state index contributed by atoms with van der Waals surface area (Å²) in [5.74, 6) is 0.531. The van der Waals surface area contributed by atoms with Gasteiger partial charge in [-0.2, -0.15) is 5.26 Å². The maximum absolute atomic E-state index is 14.0. The van der Waals surface area contributed by atoms with E-state index in [0.29, 0.717) is 24.3 Å². The van der Waals surface area contributed by atoms with Crippen LogP contribution in [-0.4, -0.2) is 36.1 Å². The van der Waals surface area contributed by atoms with Gasteiger partial charge in [0.25, 0.3) is 0 Å². The minimum absolute atomic E-state index is 0.343. The second kappa shape index (κ2) is 5.75. The Morgan fingerprint density at radius 1 is 1.10 bits per heavy atom. The van der Waals surface area contributed by atoms with Crippen LogP contribution in [0.4, 0.5) is 15.9 Å². The topological polar surface area (TPSA) is 56.1 Å². The van der Waals surface area contributed by atoms with Gasteiger partial charge in [0.1, 0.15) is 24.0 Å². The molecule has 0 radical (unpaired) electrons. The zero-order chi connectivity index (χ0) is 14.7. The molecule has 21 heavy (non-hydrogen) atoms. The van der Waals surface area contributed by atoms with Crippen molar-refractivity contribution in [1.29, 1.82) is 5.26 Å². The summed E-state index contributed by atoms with van der Waals surface area (Å²) in [4.78, 5) is 12.2. The maximum Gasteiger partial charge on any atom is 0.147 e. The highest BCUT2D eigenvalue weighted by molar-refractivity contribution is 5.61. The van der Waals surface area contributed by atoms with Crippen LogP contribution in [0, 0.1) is 17.1 Å². The molecule has 1 fully saturated rings. The number of piperazine rings is 1. The first-order chi connectivity index (χ1) is 10.3. The number of para-hydroxylation sites is 1. The van der Waals surface area contributed by atoms with Crippen LogP contribution < -0.4 is 9.80 Å². The van der Waals surface area contributed by atoms with Crippen molar-refractivity contribution in [1.82, 2.24) is 9.97 Å². The van der Waals surface area contributed by atoms with Crippen molar-refractivity contribution in [3.05, 3.63) is 48.2 Å². The van der Waals surface area contributed by atoms with Gasteiger partial charge in [-0.15, -0.1) is 0 Å². The molecule has 2 aromatic rings. The molecule has 0 amide bonds. The number of benzene rings is 1. The molecule has 1 aliphatic rings. The summed E-state index contributed by atoms with van der Waals surface area (Å²) in [5, 5.41) is 9.13. The van der Waals surface area contributed by atoms with E-state index >= 15 is 0 Å². The van der Waals surface area contributed by atoms with E-state index in [-0.39, 0.29) is 5.82 Å². The first-order valence-corrected chi connectivity index (χ1v) is 6.74. The molecule has 2 heterocycles. The normalized spacial score (nSPS) is 14.9. The van der Waals surface area contributed by atoms with Crippen molar-refractivity contribution in [3.63, 3.8) is 0 Å². The molecule has 0 unspecified atom stereocenters. The first-order valence-electron chi connectivity index (χ1n) is 6.74. The van der Waals surface area contributed by atoms with Gasteiger partial charge < -0.3 is 9.80 Å². The quantitative estimate of drug-likeness (QED) is 0.841. The smallest absolute Gasteiger partial charge is 0.147 e. The second-order valence-corrected chi connectivity index (χ2v) is 4.79. The summed E-state index contributed by atoms with van der Waals surface area (Å²) < 4.78 is 14.0. The molecule has 0 bridgehead atoms. The summed E-state index contributed by atoms with van der Waals surface area (Å²) in [6.07, 6.45) is 3.23. The fourth-order valence-corrected chi connectivity index (χ4v) is 2.56. The van der Waals surface area contributed by atoms with Crippen LogP contribution in [0.3, 0.4) is 0 Å². The predicted molar refractivity (Wildman–Crippen MR) is 77.6 cm³/mol. The molecule has 1 saturated heterocycles. The van der Waals surface area contributed by atoms with E-state index in [0.717, 1.165) is 18.9 Å². The lowest BCUT2D eigenvalue weighted by molar-refractivity contribution is 0.595. The van der Waals surface area contributed by atoms with Gasteiger partial charge in [0.05, 0.1) is 11.3 Å². The van der Waals surface area contributed by atoms with Crippen LogP contribution in [0.5, 0.6) is 0 Å². The van der Waals surface area contributed by atoms with Crippen molar-refractivity contribution >= 4 is 11.5 Å². The highest BCUT2D eigenvalue weighted by Crippen LogP contribution is 2.25. The number of rotatable bonds is 2. The molecule has 0 atom stereocenters. The lowest BCUT2D eigenvalue weighted by Gasteiger charge is -2.37. The third-order valence-electron chi connectivity index (χ3n) is 3.59. The molecular formula is C15H14FN5. The fraction of sp³-hybridized carbons (Fsp3) is 0.267. The minimum Gasteiger partial charge on any atom is -0.365 e. The third kappa shape index (κ3) is 2.63. The average Bonchev–Trinajstić information content (AvgIpc) is 2.55. The SMILES string of the molecule is N#Cc1cccc(F)c1N1CCN(c2ccncn2)CC1. The second-order valence-electron chi connectivity index (χ2n) is 4.79. The Morgan fingerprint density at radius 2 is 1.86 bits per heavy atom. The molecule has 1 aromatic carbocycles. The lowest BCUT2D eigenvalue weighted by atomic mass is 10.1. The molecule has 3 rings (SSSR count). The lowest BCUT2D eigenvalue weighted by Crippen LogP contribution is -2.47. The monoisotopic (exact) mass is 283 g/mol. The van der Waals surface area contributed by atoms with Gasteiger partial charge in [0, 0.05) is 32.4 Å².